The van der Waals surface area contributed by atoms with Crippen molar-refractivity contribution < 1.29 is 76.7 Å². The largest absolute Gasteiger partial charge is 0.495 e. The van der Waals surface area contributed by atoms with Gasteiger partial charge >= 0.3 is 18.0 Å². The Morgan fingerprint density at radius 1 is 1.00 bits per heavy atom. The summed E-state index contributed by atoms with van der Waals surface area (Å²) in [6.07, 6.45) is 3.30. The molecule has 7 atom stereocenters. The zero-order chi connectivity index (χ0) is 52.3. The lowest BCUT2D eigenvalue weighted by molar-refractivity contribution is -0.201. The first kappa shape index (κ1) is 54.7. The number of alkyl carbamates (subject to hydrolysis) is 1. The van der Waals surface area contributed by atoms with Crippen molar-refractivity contribution in [1.82, 2.24) is 15.3 Å². The Kier molecular flexibility index (Phi) is 17.2. The normalized spacial score (nSPS) is 31.6. The molecule has 6 amide bonds. The van der Waals surface area contributed by atoms with Crippen LogP contribution in [0.25, 0.3) is 0 Å². The minimum Gasteiger partial charge on any atom is -0.495 e. The molecule has 22 heteroatoms. The highest BCUT2D eigenvalue weighted by Gasteiger charge is 2.62. The van der Waals surface area contributed by atoms with Gasteiger partial charge in [-0.15, -0.1) is 16.8 Å². The van der Waals surface area contributed by atoms with Crippen LogP contribution in [-0.4, -0.2) is 149 Å². The van der Waals surface area contributed by atoms with Crippen molar-refractivity contribution in [3.8, 4) is 5.75 Å². The summed E-state index contributed by atoms with van der Waals surface area (Å²) in [5.41, 5.74) is -2.55. The Labute approximate surface area is 427 Å². The number of hydrogen-bond acceptors (Lipinski definition) is 17. The van der Waals surface area contributed by atoms with E-state index < -0.39 is 88.3 Å². The maximum Gasteiger partial charge on any atom is 0.409 e. The fourth-order valence-electron chi connectivity index (χ4n) is 9.83. The number of likely N-dealkylation sites (tertiary alicyclic amines) is 1. The molecule has 1 aliphatic carbocycles. The molecule has 0 aromatic heterocycles. The molecule has 5 fully saturated rings. The third-order valence-corrected chi connectivity index (χ3v) is 16.0. The van der Waals surface area contributed by atoms with E-state index in [0.29, 0.717) is 60.8 Å². The number of aliphatic hydroxyl groups is 1. The summed E-state index contributed by atoms with van der Waals surface area (Å²) < 4.78 is 35.3. The molecular formula is C50H65ClN4O16S. The van der Waals surface area contributed by atoms with Crippen LogP contribution in [-0.2, 0) is 68.5 Å². The van der Waals surface area contributed by atoms with E-state index in [1.165, 1.54) is 35.8 Å². The topological polar surface area (TPSA) is 246 Å². The number of anilines is 1. The Bertz CT molecular complexity index is 2360. The molecule has 5 heterocycles. The summed E-state index contributed by atoms with van der Waals surface area (Å²) in [5.74, 6) is -3.20. The predicted molar refractivity (Wildman–Crippen MR) is 259 cm³/mol. The summed E-state index contributed by atoms with van der Waals surface area (Å²) in [5, 5.41) is 14.4. The molecule has 5 aliphatic heterocycles. The number of rotatable bonds is 14. The lowest BCUT2D eigenvalue weighted by Crippen LogP contribution is -2.62. The number of esters is 1. The fraction of sp³-hybridized carbons (Fsp3) is 0.640. The van der Waals surface area contributed by atoms with E-state index in [9.17, 15) is 43.5 Å². The maximum absolute atomic E-state index is 14.3. The molecular weight excluding hydrogens is 980 g/mol. The summed E-state index contributed by atoms with van der Waals surface area (Å²) >= 11 is 8.13. The number of nitrogens with zero attached hydrogens (tertiary/aromatic N) is 3. The van der Waals surface area contributed by atoms with Gasteiger partial charge in [0.1, 0.15) is 34.7 Å². The Balaban J connectivity index is 0.955. The van der Waals surface area contributed by atoms with Gasteiger partial charge in [0.15, 0.2) is 11.3 Å². The molecule has 20 nitrogen and oxygen atoms in total. The number of fused-ring (bicyclic) bond motifs is 5. The van der Waals surface area contributed by atoms with Crippen molar-refractivity contribution in [2.24, 2.45) is 11.8 Å². The van der Waals surface area contributed by atoms with Gasteiger partial charge in [-0.3, -0.25) is 34.2 Å². The zero-order valence-electron chi connectivity index (χ0n) is 41.7. The number of imide groups is 2. The quantitative estimate of drug-likeness (QED) is 0.109. The number of thioether (sulfide) groups is 1. The lowest BCUT2D eigenvalue weighted by atomic mass is 9.82. The van der Waals surface area contributed by atoms with Crippen LogP contribution in [0.3, 0.4) is 0 Å². The number of nitrogens with one attached hydrogen (secondary N) is 1. The van der Waals surface area contributed by atoms with E-state index in [2.05, 4.69) is 5.32 Å². The highest BCUT2D eigenvalue weighted by Crippen LogP contribution is 2.47. The monoisotopic (exact) mass is 1040 g/mol. The van der Waals surface area contributed by atoms with Crippen LogP contribution in [0.15, 0.2) is 35.9 Å². The van der Waals surface area contributed by atoms with E-state index in [1.807, 2.05) is 13.0 Å². The van der Waals surface area contributed by atoms with E-state index in [4.69, 9.17) is 44.9 Å². The van der Waals surface area contributed by atoms with Crippen LogP contribution >= 0.6 is 23.4 Å². The molecule has 4 bridgehead atoms. The van der Waals surface area contributed by atoms with Crippen molar-refractivity contribution in [3.05, 3.63) is 46.5 Å². The van der Waals surface area contributed by atoms with E-state index in [1.54, 1.807) is 52.1 Å². The molecule has 1 aromatic rings. The van der Waals surface area contributed by atoms with Gasteiger partial charge in [0.2, 0.25) is 17.7 Å². The molecule has 0 spiro atoms. The molecule has 72 heavy (non-hydrogen) atoms. The zero-order valence-corrected chi connectivity index (χ0v) is 43.3. The molecule has 4 saturated heterocycles. The van der Waals surface area contributed by atoms with Gasteiger partial charge < -0.3 is 43.3 Å². The van der Waals surface area contributed by atoms with Crippen molar-refractivity contribution in [3.63, 3.8) is 0 Å². The molecule has 6 aliphatic rings. The van der Waals surface area contributed by atoms with Crippen LogP contribution in [0.1, 0.15) is 104 Å². The number of hydroxylamine groups is 2. The van der Waals surface area contributed by atoms with E-state index in [0.717, 1.165) is 11.1 Å². The molecule has 1 saturated carbocycles. The Hall–Kier alpha value is -5.06. The third kappa shape index (κ3) is 12.5. The average Bonchev–Trinajstić information content (AvgIpc) is 3.77. The number of ether oxygens (including phenoxy) is 6. The minimum absolute atomic E-state index is 0.00691. The van der Waals surface area contributed by atoms with Gasteiger partial charge in [-0.2, -0.15) is 0 Å². The standard InChI is InChI=1S/C50H65ClN4O16S/c1-28-10-8-11-36(66-7)50(64)26-32(68-47(63)52-50)23-38-49(4,70-38)37(25-41(58)53(5)33-21-30(20-28)22-34(65-6)43(33)51)69-46(62)48(2,3)67-18-9-19-72-35-24-42(59)54(44(35)60)27-29-12-14-31(15-13-29)45(61)71-55-39(56)16-17-40(55)57/h8,10-11,21-22,29,31-32,35-38,64H,9,12-20,23-27H2,1-7H3,(H,52,63)/b11-8+,28-10+/t29-,31-,32?,35?,36-,37+,38+,49+,50+/m1/s1. The number of epoxide rings is 1. The van der Waals surface area contributed by atoms with Gasteiger partial charge in [-0.05, 0) is 95.6 Å². The average molecular weight is 1050 g/mol. The molecule has 2 unspecified atom stereocenters. The first-order valence-electron chi connectivity index (χ1n) is 24.3. The molecule has 394 valence electrons. The summed E-state index contributed by atoms with van der Waals surface area (Å²) in [7, 11) is 4.45. The van der Waals surface area contributed by atoms with Gasteiger partial charge in [0, 0.05) is 59.4 Å². The lowest BCUT2D eigenvalue weighted by Gasteiger charge is -2.40. The second-order valence-electron chi connectivity index (χ2n) is 20.0. The minimum atomic E-state index is -1.85. The molecule has 2 N–H and O–H groups in total. The van der Waals surface area contributed by atoms with Crippen molar-refractivity contribution in [2.75, 3.05) is 45.1 Å². The first-order chi connectivity index (χ1) is 34.0. The van der Waals surface area contributed by atoms with Crippen LogP contribution in [0.5, 0.6) is 5.75 Å². The molecule has 7 rings (SSSR count). The Morgan fingerprint density at radius 2 is 1.71 bits per heavy atom. The number of amides is 6. The molecule has 1 aromatic carbocycles. The highest BCUT2D eigenvalue weighted by molar-refractivity contribution is 8.00. The van der Waals surface area contributed by atoms with E-state index >= 15 is 0 Å². The first-order valence-corrected chi connectivity index (χ1v) is 25.8. The maximum atomic E-state index is 14.3. The summed E-state index contributed by atoms with van der Waals surface area (Å²) in [6.45, 7) is 7.02. The van der Waals surface area contributed by atoms with Crippen molar-refractivity contribution in [1.29, 1.82) is 0 Å². The summed E-state index contributed by atoms with van der Waals surface area (Å²) in [4.78, 5) is 112. The number of hydrogen-bond donors (Lipinski definition) is 2. The van der Waals surface area contributed by atoms with Crippen LogP contribution in [0.2, 0.25) is 5.02 Å². The van der Waals surface area contributed by atoms with Gasteiger partial charge in [0.25, 0.3) is 11.8 Å². The van der Waals surface area contributed by atoms with Crippen LogP contribution in [0, 0.1) is 11.8 Å². The SMILES string of the molecule is COc1cc2cc(c1Cl)N(C)C(=O)C[C@H](OC(=O)C(C)(C)OCCCSC1CC(=O)N(C[C@H]3CC[C@H](C(=O)ON4C(=O)CCC4=O)CC3)C1=O)[C@]1(C)O[C@H]1CC1C[C@@](O)(NC(=O)O1)[C@H](OC)/C=C/C=C(\C)C2. The van der Waals surface area contributed by atoms with Gasteiger partial charge in [-0.25, -0.2) is 14.4 Å². The molecule has 0 radical (unpaired) electrons. The van der Waals surface area contributed by atoms with E-state index in [-0.39, 0.29) is 74.4 Å². The number of halogens is 1. The summed E-state index contributed by atoms with van der Waals surface area (Å²) in [6, 6.07) is 3.56. The number of carbonyl (C=O) groups is 8. The van der Waals surface area contributed by atoms with Crippen molar-refractivity contribution >= 4 is 76.6 Å². The number of methoxy groups -OCH3 is 2. The van der Waals surface area contributed by atoms with Crippen LogP contribution in [0.4, 0.5) is 10.5 Å². The van der Waals surface area contributed by atoms with Crippen molar-refractivity contribution in [2.45, 2.75) is 151 Å². The second-order valence-corrected chi connectivity index (χ2v) is 21.7. The third-order valence-electron chi connectivity index (χ3n) is 14.3. The number of carbonyl (C=O) groups excluding carboxylic acids is 8. The second kappa shape index (κ2) is 22.6. The fourth-order valence-corrected chi connectivity index (χ4v) is 11.2. The van der Waals surface area contributed by atoms with Gasteiger partial charge in [-0.1, -0.05) is 35.4 Å². The smallest absolute Gasteiger partial charge is 0.409 e. The van der Waals surface area contributed by atoms with Crippen LogP contribution < -0.4 is 15.0 Å². The van der Waals surface area contributed by atoms with Gasteiger partial charge in [0.05, 0.1) is 36.5 Å². The number of allylic oxidation sites excluding steroid dienone is 3. The Morgan fingerprint density at radius 3 is 2.39 bits per heavy atom. The predicted octanol–water partition coefficient (Wildman–Crippen LogP) is 4.88. The highest BCUT2D eigenvalue weighted by atomic mass is 35.5. The number of benzene rings is 1.